The molecule has 9 heteroatoms. The minimum absolute atomic E-state index is 0. The van der Waals surface area contributed by atoms with Crippen molar-refractivity contribution in [3.8, 4) is 0 Å². The molecule has 0 saturated carbocycles. The van der Waals surface area contributed by atoms with Crippen molar-refractivity contribution >= 4 is 45.6 Å². The maximum Gasteiger partial charge on any atom is 0.243 e. The molecule has 1 aromatic carbocycles. The number of benzene rings is 1. The maximum absolute atomic E-state index is 13.0. The molecule has 0 amide bonds. The Morgan fingerprint density at radius 2 is 1.95 bits per heavy atom. The molecule has 2 rings (SSSR count). The molecule has 1 unspecified atom stereocenters. The Morgan fingerprint density at radius 1 is 1.35 bits per heavy atom. The first-order chi connectivity index (χ1) is 8.90. The van der Waals surface area contributed by atoms with Gasteiger partial charge in [0.2, 0.25) is 10.0 Å². The highest BCUT2D eigenvalue weighted by atomic mass is 35.5. The summed E-state index contributed by atoms with van der Waals surface area (Å²) in [5.41, 5.74) is 0. The Balaban J connectivity index is 0.00000200. The number of sulfonamides is 1. The van der Waals surface area contributed by atoms with Gasteiger partial charge in [0.25, 0.3) is 0 Å². The van der Waals surface area contributed by atoms with E-state index in [1.165, 1.54) is 0 Å². The predicted molar refractivity (Wildman–Crippen MR) is 79.9 cm³/mol. The second-order valence-corrected chi connectivity index (χ2v) is 6.86. The third kappa shape index (κ3) is 4.19. The zero-order valence-corrected chi connectivity index (χ0v) is 13.5. The standard InChI is InChI=1S/C11H13Cl2FN2O2S.ClH/c12-9-4-7(14)5-10(13)11(9)19(17,18)16-6-8-2-1-3-15-8;/h4-5,8,15-16H,1-3,6H2;1H. The molecule has 1 aliphatic heterocycles. The molecular formula is C11H14Cl3FN2O2S. The first-order valence-corrected chi connectivity index (χ1v) is 8.01. The van der Waals surface area contributed by atoms with Gasteiger partial charge in [0.15, 0.2) is 0 Å². The van der Waals surface area contributed by atoms with Crippen LogP contribution in [0.25, 0.3) is 0 Å². The first-order valence-electron chi connectivity index (χ1n) is 5.78. The van der Waals surface area contributed by atoms with Crippen LogP contribution in [-0.4, -0.2) is 27.5 Å². The normalized spacial score (nSPS) is 18.9. The highest BCUT2D eigenvalue weighted by molar-refractivity contribution is 7.89. The highest BCUT2D eigenvalue weighted by Gasteiger charge is 2.24. The van der Waals surface area contributed by atoms with Gasteiger partial charge in [0.05, 0.1) is 10.0 Å². The van der Waals surface area contributed by atoms with Gasteiger partial charge in [-0.2, -0.15) is 0 Å². The van der Waals surface area contributed by atoms with Crippen molar-refractivity contribution in [1.82, 2.24) is 10.0 Å². The van der Waals surface area contributed by atoms with Crippen LogP contribution in [0.4, 0.5) is 4.39 Å². The van der Waals surface area contributed by atoms with E-state index in [4.69, 9.17) is 23.2 Å². The van der Waals surface area contributed by atoms with E-state index in [9.17, 15) is 12.8 Å². The van der Waals surface area contributed by atoms with Crippen molar-refractivity contribution < 1.29 is 12.8 Å². The van der Waals surface area contributed by atoms with E-state index in [1.54, 1.807) is 0 Å². The first kappa shape index (κ1) is 17.9. The summed E-state index contributed by atoms with van der Waals surface area (Å²) in [4.78, 5) is -0.282. The SMILES string of the molecule is Cl.O=S(=O)(NCC1CCCN1)c1c(Cl)cc(F)cc1Cl. The van der Waals surface area contributed by atoms with Crippen LogP contribution in [0.3, 0.4) is 0 Å². The molecule has 1 saturated heterocycles. The highest BCUT2D eigenvalue weighted by Crippen LogP contribution is 2.30. The average molecular weight is 364 g/mol. The second kappa shape index (κ2) is 7.24. The van der Waals surface area contributed by atoms with Gasteiger partial charge in [0, 0.05) is 12.6 Å². The molecule has 1 aliphatic rings. The molecular weight excluding hydrogens is 350 g/mol. The monoisotopic (exact) mass is 362 g/mol. The van der Waals surface area contributed by atoms with Crippen LogP contribution in [0, 0.1) is 5.82 Å². The van der Waals surface area contributed by atoms with E-state index < -0.39 is 15.8 Å². The average Bonchev–Trinajstić information content (AvgIpc) is 2.77. The van der Waals surface area contributed by atoms with Crippen molar-refractivity contribution in [2.45, 2.75) is 23.8 Å². The van der Waals surface area contributed by atoms with Crippen LogP contribution >= 0.6 is 35.6 Å². The molecule has 1 aromatic rings. The van der Waals surface area contributed by atoms with Gasteiger partial charge in [-0.15, -0.1) is 12.4 Å². The molecule has 0 bridgehead atoms. The van der Waals surface area contributed by atoms with E-state index in [1.807, 2.05) is 0 Å². The Bertz CT molecular complexity index is 554. The Morgan fingerprint density at radius 3 is 2.45 bits per heavy atom. The van der Waals surface area contributed by atoms with Crippen molar-refractivity contribution in [2.75, 3.05) is 13.1 Å². The number of halogens is 4. The van der Waals surface area contributed by atoms with Crippen molar-refractivity contribution in [3.63, 3.8) is 0 Å². The maximum atomic E-state index is 13.0. The van der Waals surface area contributed by atoms with E-state index in [0.717, 1.165) is 31.5 Å². The lowest BCUT2D eigenvalue weighted by Gasteiger charge is -2.13. The molecule has 0 radical (unpaired) electrons. The minimum Gasteiger partial charge on any atom is -0.313 e. The summed E-state index contributed by atoms with van der Waals surface area (Å²) in [7, 11) is -3.85. The molecule has 0 aliphatic carbocycles. The minimum atomic E-state index is -3.85. The fourth-order valence-corrected chi connectivity index (χ4v) is 4.27. The molecule has 0 aromatic heterocycles. The van der Waals surface area contributed by atoms with Crippen LogP contribution in [0.2, 0.25) is 10.0 Å². The lowest BCUT2D eigenvalue weighted by molar-refractivity contribution is 0.551. The molecule has 4 nitrogen and oxygen atoms in total. The van der Waals surface area contributed by atoms with Gasteiger partial charge in [-0.05, 0) is 31.5 Å². The Hall–Kier alpha value is -0.110. The fraction of sp³-hybridized carbons (Fsp3) is 0.455. The lowest BCUT2D eigenvalue weighted by Crippen LogP contribution is -2.37. The topological polar surface area (TPSA) is 58.2 Å². The van der Waals surface area contributed by atoms with Crippen LogP contribution < -0.4 is 10.0 Å². The largest absolute Gasteiger partial charge is 0.313 e. The molecule has 114 valence electrons. The summed E-state index contributed by atoms with van der Waals surface area (Å²) in [5.74, 6) is -0.675. The van der Waals surface area contributed by atoms with E-state index in [-0.39, 0.29) is 39.9 Å². The third-order valence-electron chi connectivity index (χ3n) is 2.91. The van der Waals surface area contributed by atoms with Gasteiger partial charge in [-0.3, -0.25) is 0 Å². The van der Waals surface area contributed by atoms with Gasteiger partial charge >= 0.3 is 0 Å². The Labute approximate surface area is 133 Å². The molecule has 1 atom stereocenters. The van der Waals surface area contributed by atoms with Crippen molar-refractivity contribution in [3.05, 3.63) is 28.0 Å². The number of hydrogen-bond acceptors (Lipinski definition) is 3. The van der Waals surface area contributed by atoms with Gasteiger partial charge < -0.3 is 5.32 Å². The van der Waals surface area contributed by atoms with E-state index in [0.29, 0.717) is 0 Å². The van der Waals surface area contributed by atoms with Gasteiger partial charge in [-0.25, -0.2) is 17.5 Å². The fourth-order valence-electron chi connectivity index (χ4n) is 2.00. The number of hydrogen-bond donors (Lipinski definition) is 2. The summed E-state index contributed by atoms with van der Waals surface area (Å²) in [5, 5.41) is 2.72. The van der Waals surface area contributed by atoms with Gasteiger partial charge in [0.1, 0.15) is 10.7 Å². The van der Waals surface area contributed by atoms with E-state index in [2.05, 4.69) is 10.0 Å². The zero-order valence-electron chi connectivity index (χ0n) is 10.3. The number of rotatable bonds is 4. The third-order valence-corrected chi connectivity index (χ3v) is 5.26. The molecule has 2 N–H and O–H groups in total. The number of nitrogens with one attached hydrogen (secondary N) is 2. The van der Waals surface area contributed by atoms with Crippen LogP contribution in [0.5, 0.6) is 0 Å². The quantitative estimate of drug-likeness (QED) is 0.864. The van der Waals surface area contributed by atoms with Crippen LogP contribution in [0.1, 0.15) is 12.8 Å². The summed E-state index contributed by atoms with van der Waals surface area (Å²) >= 11 is 11.5. The van der Waals surface area contributed by atoms with Gasteiger partial charge in [-0.1, -0.05) is 23.2 Å². The summed E-state index contributed by atoms with van der Waals surface area (Å²) in [6.45, 7) is 1.14. The van der Waals surface area contributed by atoms with Crippen LogP contribution in [-0.2, 0) is 10.0 Å². The summed E-state index contributed by atoms with van der Waals surface area (Å²) < 4.78 is 39.7. The smallest absolute Gasteiger partial charge is 0.243 e. The van der Waals surface area contributed by atoms with Crippen molar-refractivity contribution in [1.29, 1.82) is 0 Å². The molecule has 20 heavy (non-hydrogen) atoms. The summed E-state index contributed by atoms with van der Waals surface area (Å²) in [6, 6.07) is 1.96. The zero-order chi connectivity index (χ0) is 14.0. The summed E-state index contributed by atoms with van der Waals surface area (Å²) in [6.07, 6.45) is 1.93. The molecule has 1 fully saturated rings. The molecule has 1 heterocycles. The predicted octanol–water partition coefficient (Wildman–Crippen LogP) is 2.58. The van der Waals surface area contributed by atoms with Crippen LogP contribution in [0.15, 0.2) is 17.0 Å². The van der Waals surface area contributed by atoms with Crippen molar-refractivity contribution in [2.24, 2.45) is 0 Å². The second-order valence-electron chi connectivity index (χ2n) is 4.34. The van der Waals surface area contributed by atoms with E-state index >= 15 is 0 Å². The molecule has 0 spiro atoms. The Kier molecular flexibility index (Phi) is 6.50. The lowest BCUT2D eigenvalue weighted by atomic mass is 10.2.